The molecule has 0 saturated heterocycles. The third-order valence-electron chi connectivity index (χ3n) is 1.96. The second-order valence-electron chi connectivity index (χ2n) is 3.19. The fraction of sp³-hybridized carbons (Fsp3) is 0.400. The van der Waals surface area contributed by atoms with Crippen LogP contribution in [0.2, 0.25) is 0 Å². The molecule has 1 atom stereocenters. The monoisotopic (exact) mass is 181 g/mol. The lowest BCUT2D eigenvalue weighted by Gasteiger charge is -2.20. The van der Waals surface area contributed by atoms with Crippen molar-refractivity contribution in [3.63, 3.8) is 0 Å². The van der Waals surface area contributed by atoms with E-state index >= 15 is 0 Å². The highest BCUT2D eigenvalue weighted by Crippen LogP contribution is 2.24. The third-order valence-corrected chi connectivity index (χ3v) is 2.70. The highest BCUT2D eigenvalue weighted by molar-refractivity contribution is 7.80. The molecule has 0 bridgehead atoms. The molecule has 0 aliphatic carbocycles. The Morgan fingerprint density at radius 1 is 1.25 bits per heavy atom. The lowest BCUT2D eigenvalue weighted by Crippen LogP contribution is -2.15. The van der Waals surface area contributed by atoms with Gasteiger partial charge < -0.3 is 0 Å². The van der Waals surface area contributed by atoms with Crippen LogP contribution < -0.4 is 0 Å². The number of hydrogen-bond donors (Lipinski definition) is 1. The highest BCUT2D eigenvalue weighted by Gasteiger charge is 2.09. The molecule has 0 heterocycles. The number of aryl methyl sites for hydroxylation is 1. The molecule has 1 aromatic carbocycles. The van der Waals surface area contributed by atoms with Gasteiger partial charge in [0.25, 0.3) is 0 Å². The Labute approximate surface area is 79.8 Å². The second kappa shape index (κ2) is 3.97. The first-order valence-electron chi connectivity index (χ1n) is 4.03. The fourth-order valence-electron chi connectivity index (χ4n) is 1.15. The summed E-state index contributed by atoms with van der Waals surface area (Å²) in [5.74, 6) is 0. The van der Waals surface area contributed by atoms with E-state index in [0.717, 1.165) is 0 Å². The molecule has 1 aromatic rings. The van der Waals surface area contributed by atoms with Crippen molar-refractivity contribution in [2.45, 2.75) is 12.3 Å². The molecule has 1 rings (SSSR count). The molecular weight excluding hydrogens is 166 g/mol. The topological polar surface area (TPSA) is 3.24 Å². The number of benzene rings is 1. The zero-order valence-corrected chi connectivity index (χ0v) is 8.68. The standard InChI is InChI=1S/C10H15NS/c1-8-6-4-5-7-9(8)10(12)11(2)3/h4-7,10,12H,1-3H3. The zero-order valence-electron chi connectivity index (χ0n) is 7.78. The van der Waals surface area contributed by atoms with E-state index in [0.29, 0.717) is 0 Å². The minimum Gasteiger partial charge on any atom is -0.294 e. The highest BCUT2D eigenvalue weighted by atomic mass is 32.1. The van der Waals surface area contributed by atoms with Crippen LogP contribution in [-0.4, -0.2) is 19.0 Å². The Bertz CT molecular complexity index is 258. The lowest BCUT2D eigenvalue weighted by atomic mass is 10.1. The molecule has 66 valence electrons. The van der Waals surface area contributed by atoms with Gasteiger partial charge in [-0.2, -0.15) is 12.6 Å². The lowest BCUT2D eigenvalue weighted by molar-refractivity contribution is 0.392. The Balaban J connectivity index is 2.94. The van der Waals surface area contributed by atoms with Gasteiger partial charge in [-0.25, -0.2) is 0 Å². The van der Waals surface area contributed by atoms with E-state index in [4.69, 9.17) is 0 Å². The molecule has 0 spiro atoms. The van der Waals surface area contributed by atoms with Crippen molar-refractivity contribution in [1.29, 1.82) is 0 Å². The summed E-state index contributed by atoms with van der Waals surface area (Å²) in [6.07, 6.45) is 0. The molecule has 2 heteroatoms. The maximum Gasteiger partial charge on any atom is 0.0782 e. The maximum atomic E-state index is 4.51. The second-order valence-corrected chi connectivity index (χ2v) is 3.68. The van der Waals surface area contributed by atoms with Crippen LogP contribution in [0.3, 0.4) is 0 Å². The summed E-state index contributed by atoms with van der Waals surface area (Å²) in [6.45, 7) is 2.11. The predicted octanol–water partition coefficient (Wildman–Crippen LogP) is 2.49. The summed E-state index contributed by atoms with van der Waals surface area (Å²) < 4.78 is 0. The van der Waals surface area contributed by atoms with Gasteiger partial charge in [0.05, 0.1) is 5.37 Å². The van der Waals surface area contributed by atoms with Crippen molar-refractivity contribution in [3.8, 4) is 0 Å². The van der Waals surface area contributed by atoms with E-state index in [1.165, 1.54) is 11.1 Å². The summed E-state index contributed by atoms with van der Waals surface area (Å²) in [5, 5.41) is 0.200. The van der Waals surface area contributed by atoms with E-state index in [2.05, 4.69) is 48.7 Å². The predicted molar refractivity (Wildman–Crippen MR) is 56.6 cm³/mol. The van der Waals surface area contributed by atoms with Crippen LogP contribution >= 0.6 is 12.6 Å². The van der Waals surface area contributed by atoms with Gasteiger partial charge in [0, 0.05) is 0 Å². The molecule has 0 aliphatic rings. The average Bonchev–Trinajstić information content (AvgIpc) is 2.04. The van der Waals surface area contributed by atoms with Crippen molar-refractivity contribution in [2.24, 2.45) is 0 Å². The van der Waals surface area contributed by atoms with Crippen molar-refractivity contribution < 1.29 is 0 Å². The molecule has 0 aromatic heterocycles. The minimum absolute atomic E-state index is 0.200. The molecule has 1 nitrogen and oxygen atoms in total. The van der Waals surface area contributed by atoms with Crippen LogP contribution in [0.15, 0.2) is 24.3 Å². The smallest absolute Gasteiger partial charge is 0.0782 e. The molecule has 0 amide bonds. The van der Waals surface area contributed by atoms with Gasteiger partial charge in [0.2, 0.25) is 0 Å². The van der Waals surface area contributed by atoms with Gasteiger partial charge in [0.15, 0.2) is 0 Å². The molecular formula is C10H15NS. The number of thiol groups is 1. The van der Waals surface area contributed by atoms with Crippen LogP contribution in [0, 0.1) is 6.92 Å². The Morgan fingerprint density at radius 3 is 2.33 bits per heavy atom. The molecule has 12 heavy (non-hydrogen) atoms. The first-order valence-corrected chi connectivity index (χ1v) is 4.54. The first kappa shape index (κ1) is 9.62. The largest absolute Gasteiger partial charge is 0.294 e. The van der Waals surface area contributed by atoms with Gasteiger partial charge in [-0.3, -0.25) is 4.90 Å². The van der Waals surface area contributed by atoms with Gasteiger partial charge in [0.1, 0.15) is 0 Å². The van der Waals surface area contributed by atoms with Crippen LogP contribution in [0.4, 0.5) is 0 Å². The summed E-state index contributed by atoms with van der Waals surface area (Å²) in [4.78, 5) is 2.09. The molecule has 0 aliphatic heterocycles. The summed E-state index contributed by atoms with van der Waals surface area (Å²) in [6, 6.07) is 8.33. The van der Waals surface area contributed by atoms with Gasteiger partial charge in [-0.15, -0.1) is 0 Å². The minimum atomic E-state index is 0.200. The van der Waals surface area contributed by atoms with E-state index in [-0.39, 0.29) is 5.37 Å². The third kappa shape index (κ3) is 2.02. The zero-order chi connectivity index (χ0) is 9.14. The van der Waals surface area contributed by atoms with Crippen LogP contribution in [-0.2, 0) is 0 Å². The van der Waals surface area contributed by atoms with E-state index in [1.807, 2.05) is 14.1 Å². The summed E-state index contributed by atoms with van der Waals surface area (Å²) >= 11 is 4.51. The van der Waals surface area contributed by atoms with E-state index < -0.39 is 0 Å². The fourth-order valence-corrected chi connectivity index (χ4v) is 1.44. The molecule has 0 fully saturated rings. The first-order chi connectivity index (χ1) is 5.63. The van der Waals surface area contributed by atoms with Gasteiger partial charge in [-0.1, -0.05) is 24.3 Å². The van der Waals surface area contributed by atoms with Crippen LogP contribution in [0.25, 0.3) is 0 Å². The summed E-state index contributed by atoms with van der Waals surface area (Å²) in [7, 11) is 4.06. The maximum absolute atomic E-state index is 4.51. The number of nitrogens with zero attached hydrogens (tertiary/aromatic N) is 1. The van der Waals surface area contributed by atoms with Gasteiger partial charge in [-0.05, 0) is 32.1 Å². The normalized spacial score (nSPS) is 13.4. The van der Waals surface area contributed by atoms with Crippen molar-refractivity contribution in [1.82, 2.24) is 4.90 Å². The average molecular weight is 181 g/mol. The van der Waals surface area contributed by atoms with Crippen LogP contribution in [0.1, 0.15) is 16.5 Å². The van der Waals surface area contributed by atoms with Crippen LogP contribution in [0.5, 0.6) is 0 Å². The Hall–Kier alpha value is -0.470. The van der Waals surface area contributed by atoms with Crippen molar-refractivity contribution in [2.75, 3.05) is 14.1 Å². The molecule has 0 radical (unpaired) electrons. The number of rotatable bonds is 2. The Kier molecular flexibility index (Phi) is 3.18. The quantitative estimate of drug-likeness (QED) is 0.542. The van der Waals surface area contributed by atoms with E-state index in [1.54, 1.807) is 0 Å². The van der Waals surface area contributed by atoms with E-state index in [9.17, 15) is 0 Å². The van der Waals surface area contributed by atoms with Gasteiger partial charge >= 0.3 is 0 Å². The van der Waals surface area contributed by atoms with Crippen molar-refractivity contribution in [3.05, 3.63) is 35.4 Å². The molecule has 0 N–H and O–H groups in total. The van der Waals surface area contributed by atoms with Crippen molar-refractivity contribution >= 4 is 12.6 Å². The molecule has 1 unspecified atom stereocenters. The number of hydrogen-bond acceptors (Lipinski definition) is 2. The SMILES string of the molecule is Cc1ccccc1C(S)N(C)C. The Morgan fingerprint density at radius 2 is 1.83 bits per heavy atom. The summed E-state index contributed by atoms with van der Waals surface area (Å²) in [5.41, 5.74) is 2.58. The molecule has 0 saturated carbocycles.